The van der Waals surface area contributed by atoms with Crippen molar-refractivity contribution in [2.24, 2.45) is 5.92 Å². The Balaban J connectivity index is 1.28. The second kappa shape index (κ2) is 24.8. The maximum absolute atomic E-state index is 15.7. The summed E-state index contributed by atoms with van der Waals surface area (Å²) >= 11 is 6.68. The number of alkyl halides is 8. The van der Waals surface area contributed by atoms with Crippen molar-refractivity contribution in [3.63, 3.8) is 0 Å². The fraction of sp³-hybridized carbons (Fsp3) is 0.521. The van der Waals surface area contributed by atoms with Gasteiger partial charge in [0, 0.05) is 40.6 Å². The maximum atomic E-state index is 15.7. The van der Waals surface area contributed by atoms with Gasteiger partial charge in [-0.05, 0) is 75.3 Å². The van der Waals surface area contributed by atoms with E-state index in [2.05, 4.69) is 20.0 Å². The van der Waals surface area contributed by atoms with Crippen LogP contribution < -0.4 is 9.62 Å². The van der Waals surface area contributed by atoms with E-state index in [1.807, 2.05) is 0 Å². The first-order chi connectivity index (χ1) is 38.4. The van der Waals surface area contributed by atoms with Gasteiger partial charge in [-0.1, -0.05) is 23.7 Å². The van der Waals surface area contributed by atoms with Crippen molar-refractivity contribution in [1.82, 2.24) is 29.9 Å². The first-order valence-corrected chi connectivity index (χ1v) is 30.4. The minimum atomic E-state index is -5.24. The van der Waals surface area contributed by atoms with Gasteiger partial charge in [0.25, 0.3) is 5.92 Å². The highest BCUT2D eigenvalue weighted by molar-refractivity contribution is 7.92. The number of sulfonamides is 1. The van der Waals surface area contributed by atoms with E-state index in [-0.39, 0.29) is 102 Å². The summed E-state index contributed by atoms with van der Waals surface area (Å²) < 4.78 is 235. The molecule has 0 spiro atoms. The van der Waals surface area contributed by atoms with E-state index in [0.717, 1.165) is 30.5 Å². The number of sulfone groups is 1. The summed E-state index contributed by atoms with van der Waals surface area (Å²) in [6.45, 7) is -2.27. The summed E-state index contributed by atoms with van der Waals surface area (Å²) in [6.07, 6.45) is -12.0. The van der Waals surface area contributed by atoms with Gasteiger partial charge in [0.1, 0.15) is 37.0 Å². The van der Waals surface area contributed by atoms with Crippen LogP contribution in [0.1, 0.15) is 72.6 Å². The number of ether oxygens (including phenoxy) is 4. The van der Waals surface area contributed by atoms with Crippen molar-refractivity contribution < 1.29 is 108 Å². The number of nitrogens with zero attached hydrogens (tertiary/aromatic N) is 6. The SMILES string of the molecule is CC(C)(CCc1ccc(-c2ccc(Cl)c3c(N(C(=O)OCCOCCOCCOCCOP(=O)(O)O)S(C)(=O)=O)nn(CC(F)(F)F)c23)c([C@H](Cc2cc(F)cc(F)c2)NC(=O)Cn2nc(C(F)(F)F)c3c2C(F)(F)C2C[C@H]32)n1)S(C)(=O)=O. The Morgan fingerprint density at radius 1 is 0.867 bits per heavy atom. The van der Waals surface area contributed by atoms with Crippen LogP contribution in [0, 0.1) is 17.6 Å². The molecule has 0 radical (unpaired) electrons. The van der Waals surface area contributed by atoms with Crippen LogP contribution in [0.2, 0.25) is 5.02 Å². The number of amides is 2. The number of fused-ring (bicyclic) bond motifs is 4. The fourth-order valence-corrected chi connectivity index (χ4v) is 11.0. The summed E-state index contributed by atoms with van der Waals surface area (Å²) in [5, 5.41) is 8.64. The molecule has 5 aromatic rings. The third kappa shape index (κ3) is 15.9. The number of phosphoric ester groups is 1. The van der Waals surface area contributed by atoms with Gasteiger partial charge in [0.2, 0.25) is 15.9 Å². The number of rotatable bonds is 27. The summed E-state index contributed by atoms with van der Waals surface area (Å²) in [7, 11) is -13.4. The number of halogens is 11. The molecule has 83 heavy (non-hydrogen) atoms. The predicted molar refractivity (Wildman–Crippen MR) is 273 cm³/mol. The molecule has 0 saturated heterocycles. The molecule has 3 heterocycles. The van der Waals surface area contributed by atoms with E-state index >= 15 is 8.78 Å². The van der Waals surface area contributed by atoms with Crippen LogP contribution in [0.15, 0.2) is 42.5 Å². The van der Waals surface area contributed by atoms with Gasteiger partial charge >= 0.3 is 26.3 Å². The third-order valence-corrected chi connectivity index (χ3v) is 17.3. The average Bonchev–Trinajstić information content (AvgIpc) is 1.55. The van der Waals surface area contributed by atoms with Gasteiger partial charge in [-0.2, -0.15) is 49.6 Å². The molecule has 7 rings (SSSR count). The molecule has 2 amide bonds. The van der Waals surface area contributed by atoms with Crippen LogP contribution in [0.5, 0.6) is 0 Å². The molecule has 1 fully saturated rings. The molecule has 2 aliphatic carbocycles. The van der Waals surface area contributed by atoms with Gasteiger partial charge in [-0.15, -0.1) is 0 Å². The van der Waals surface area contributed by atoms with Gasteiger partial charge < -0.3 is 34.1 Å². The number of anilines is 1. The van der Waals surface area contributed by atoms with Crippen molar-refractivity contribution in [2.45, 2.75) is 87.6 Å². The molecule has 2 aromatic carbocycles. The second-order valence-electron chi connectivity index (χ2n) is 19.9. The van der Waals surface area contributed by atoms with Gasteiger partial charge in [0.15, 0.2) is 21.3 Å². The molecule has 35 heteroatoms. The average molecular weight is 1270 g/mol. The molecule has 3 aromatic heterocycles. The third-order valence-electron chi connectivity index (χ3n) is 13.3. The number of aromatic nitrogens is 5. The summed E-state index contributed by atoms with van der Waals surface area (Å²) in [5.41, 5.74) is -5.50. The second-order valence-corrected chi connectivity index (χ2v) is 26.1. The Hall–Kier alpha value is -5.51. The smallest absolute Gasteiger partial charge is 0.446 e. The predicted octanol–water partition coefficient (Wildman–Crippen LogP) is 7.93. The maximum Gasteiger partial charge on any atom is 0.469 e. The summed E-state index contributed by atoms with van der Waals surface area (Å²) in [6, 6.07) is 5.03. The van der Waals surface area contributed by atoms with Crippen molar-refractivity contribution in [2.75, 3.05) is 69.7 Å². The largest absolute Gasteiger partial charge is 0.469 e. The summed E-state index contributed by atoms with van der Waals surface area (Å²) in [4.78, 5) is 50.1. The zero-order chi connectivity index (χ0) is 61.4. The zero-order valence-electron chi connectivity index (χ0n) is 44.1. The molecule has 21 nitrogen and oxygen atoms in total. The van der Waals surface area contributed by atoms with E-state index < -0.39 is 163 Å². The van der Waals surface area contributed by atoms with E-state index in [0.29, 0.717) is 12.3 Å². The molecule has 3 atom stereocenters. The molecule has 0 bridgehead atoms. The molecular formula is C48H53ClF10N7O14PS2. The molecule has 0 aliphatic heterocycles. The first kappa shape index (κ1) is 65.0. The number of pyridine rings is 1. The minimum absolute atomic E-state index is 0.000456. The van der Waals surface area contributed by atoms with Crippen LogP contribution in [-0.2, 0) is 90.7 Å². The number of aryl methyl sites for hydroxylation is 1. The van der Waals surface area contributed by atoms with E-state index in [1.54, 1.807) is 0 Å². The topological polar surface area (TPSA) is 270 Å². The van der Waals surface area contributed by atoms with Crippen molar-refractivity contribution in [1.29, 1.82) is 0 Å². The summed E-state index contributed by atoms with van der Waals surface area (Å²) in [5.74, 6) is -11.2. The van der Waals surface area contributed by atoms with Crippen LogP contribution in [0.4, 0.5) is 54.5 Å². The highest BCUT2D eigenvalue weighted by atomic mass is 35.5. The number of hydrogen-bond donors (Lipinski definition) is 3. The highest BCUT2D eigenvalue weighted by Gasteiger charge is 2.68. The highest BCUT2D eigenvalue weighted by Crippen LogP contribution is 2.68. The standard InChI is InChI=1S/C48H53ClF10N7O14PS2/c1-45(2,82(3,72)73)10-9-29-5-6-30(39(60-29)35(21-26-19-27(50)22-28(51)20-26)61-36(67)24-64-42-37(41(62-64)48(57,58)59)32-23-33(32)47(42,55)56)31-7-8-34(49)38-40(31)65(25-46(52,53)54)63-43(38)66(83(4,74)75)44(68)79-17-15-77-13-11-76-12-14-78-16-18-80-81(69,70)71/h5-8,19-20,22,32-33,35H,9-18,21,23-25H2,1-4H3,(H,61,67)(H2,69,70,71)/t32-,33?,35-/m0/s1. The van der Waals surface area contributed by atoms with Crippen molar-refractivity contribution >= 4 is 68.0 Å². The molecule has 3 N–H and O–H groups in total. The lowest BCUT2D eigenvalue weighted by Crippen LogP contribution is -2.37. The first-order valence-electron chi connectivity index (χ1n) is 24.7. The Kier molecular flexibility index (Phi) is 19.5. The van der Waals surface area contributed by atoms with Crippen molar-refractivity contribution in [3.8, 4) is 11.1 Å². The lowest BCUT2D eigenvalue weighted by Gasteiger charge is -2.25. The minimum Gasteiger partial charge on any atom is -0.446 e. The monoisotopic (exact) mass is 1270 g/mol. The molecule has 1 unspecified atom stereocenters. The van der Waals surface area contributed by atoms with Crippen LogP contribution in [-0.4, -0.2) is 139 Å². The Labute approximate surface area is 471 Å². The lowest BCUT2D eigenvalue weighted by molar-refractivity contribution is -0.143. The van der Waals surface area contributed by atoms with Crippen LogP contribution >= 0.6 is 19.4 Å². The number of phosphoric acid groups is 1. The quantitative estimate of drug-likeness (QED) is 0.0256. The van der Waals surface area contributed by atoms with Crippen LogP contribution in [0.25, 0.3) is 22.0 Å². The molecule has 2 aliphatic rings. The fourth-order valence-electron chi connectivity index (χ4n) is 9.20. The van der Waals surface area contributed by atoms with E-state index in [9.17, 15) is 66.1 Å². The normalized spacial score (nSPS) is 16.7. The zero-order valence-corrected chi connectivity index (χ0v) is 47.4. The Bertz CT molecular complexity index is 3510. The lowest BCUT2D eigenvalue weighted by atomic mass is 9.93. The Morgan fingerprint density at radius 2 is 1.46 bits per heavy atom. The number of benzene rings is 2. The van der Waals surface area contributed by atoms with E-state index in [1.165, 1.54) is 26.0 Å². The number of nitrogens with one attached hydrogen (secondary N) is 1. The van der Waals surface area contributed by atoms with E-state index in [4.69, 9.17) is 45.3 Å². The molecular weight excluding hydrogens is 1220 g/mol. The van der Waals surface area contributed by atoms with Crippen molar-refractivity contribution in [3.05, 3.63) is 93.0 Å². The van der Waals surface area contributed by atoms with Crippen LogP contribution in [0.3, 0.4) is 0 Å². The van der Waals surface area contributed by atoms with Gasteiger partial charge in [0.05, 0.1) is 84.9 Å². The van der Waals surface area contributed by atoms with Gasteiger partial charge in [-0.25, -0.2) is 35.0 Å². The number of carbonyl (C=O) groups excluding carboxylic acids is 2. The number of carbonyl (C=O) groups is 2. The molecule has 1 saturated carbocycles. The molecule has 458 valence electrons. The van der Waals surface area contributed by atoms with Gasteiger partial charge in [-0.3, -0.25) is 23.7 Å². The number of hydrogen-bond acceptors (Lipinski definition) is 15. The Morgan fingerprint density at radius 3 is 2.02 bits per heavy atom.